The van der Waals surface area contributed by atoms with Crippen molar-refractivity contribution in [2.75, 3.05) is 11.9 Å². The Morgan fingerprint density at radius 3 is 2.69 bits per heavy atom. The smallest absolute Gasteiger partial charge is 0.227 e. The lowest BCUT2D eigenvalue weighted by atomic mass is 9.95. The molecule has 0 saturated heterocycles. The van der Waals surface area contributed by atoms with Crippen LogP contribution >= 0.6 is 12.4 Å². The molecule has 0 aliphatic heterocycles. The second-order valence-corrected chi connectivity index (χ2v) is 6.80. The highest BCUT2D eigenvalue weighted by molar-refractivity contribution is 5.94. The van der Waals surface area contributed by atoms with Gasteiger partial charge >= 0.3 is 0 Å². The minimum absolute atomic E-state index is 0. The van der Waals surface area contributed by atoms with Crippen LogP contribution < -0.4 is 15.8 Å². The molecule has 0 unspecified atom stereocenters. The van der Waals surface area contributed by atoms with Crippen LogP contribution in [-0.2, 0) is 11.4 Å². The average Bonchev–Trinajstić information content (AvgIpc) is 3.11. The number of nitrogens with two attached hydrogens (primary N) is 1. The molecule has 0 spiro atoms. The van der Waals surface area contributed by atoms with Gasteiger partial charge in [-0.05, 0) is 55.5 Å². The van der Waals surface area contributed by atoms with Crippen LogP contribution in [0, 0.1) is 18.8 Å². The number of hydrogen-bond acceptors (Lipinski definition) is 3. The third-order valence-electron chi connectivity index (χ3n) is 4.93. The molecule has 1 aliphatic rings. The Morgan fingerprint density at radius 1 is 1.19 bits per heavy atom. The molecule has 5 heteroatoms. The number of ether oxygens (including phenoxy) is 1. The first kappa shape index (κ1) is 20.3. The number of aryl methyl sites for hydroxylation is 1. The number of carbonyl (C=O) groups is 1. The molecule has 0 bridgehead atoms. The van der Waals surface area contributed by atoms with Gasteiger partial charge in [-0.25, -0.2) is 0 Å². The maximum atomic E-state index is 12.7. The lowest BCUT2D eigenvalue weighted by Gasteiger charge is -2.19. The largest absolute Gasteiger partial charge is 0.487 e. The Balaban J connectivity index is 0.00000243. The number of hydrogen-bond donors (Lipinski definition) is 2. The second-order valence-electron chi connectivity index (χ2n) is 6.80. The van der Waals surface area contributed by atoms with Crippen molar-refractivity contribution in [3.63, 3.8) is 0 Å². The summed E-state index contributed by atoms with van der Waals surface area (Å²) in [7, 11) is 0. The van der Waals surface area contributed by atoms with Gasteiger partial charge in [0, 0.05) is 5.92 Å². The molecular weight excluding hydrogens is 348 g/mol. The fourth-order valence-electron chi connectivity index (χ4n) is 3.48. The fourth-order valence-corrected chi connectivity index (χ4v) is 3.48. The number of nitrogens with one attached hydrogen (secondary N) is 1. The number of rotatable bonds is 6. The summed E-state index contributed by atoms with van der Waals surface area (Å²) in [4.78, 5) is 12.7. The third-order valence-corrected chi connectivity index (χ3v) is 4.93. The standard InChI is InChI=1S/C21H26N2O2.ClH/c1-15-10-11-19(23-21(24)18-9-5-8-17(18)13-22)20(12-15)25-14-16-6-3-2-4-7-16;/h2-4,6-7,10-12,17-18H,5,8-9,13-14,22H2,1H3,(H,23,24);1H/t17-,18-;/m1./s1. The lowest BCUT2D eigenvalue weighted by Crippen LogP contribution is -2.29. The van der Waals surface area contributed by atoms with E-state index in [-0.39, 0.29) is 24.2 Å². The van der Waals surface area contributed by atoms with E-state index in [0.717, 1.165) is 36.1 Å². The van der Waals surface area contributed by atoms with E-state index in [1.807, 2.05) is 55.5 Å². The van der Waals surface area contributed by atoms with Gasteiger partial charge < -0.3 is 15.8 Å². The van der Waals surface area contributed by atoms with Crippen molar-refractivity contribution in [2.45, 2.75) is 32.8 Å². The zero-order valence-corrected chi connectivity index (χ0v) is 15.9. The van der Waals surface area contributed by atoms with Crippen LogP contribution in [0.25, 0.3) is 0 Å². The number of amides is 1. The summed E-state index contributed by atoms with van der Waals surface area (Å²) in [5, 5.41) is 3.06. The quantitative estimate of drug-likeness (QED) is 0.791. The molecule has 3 rings (SSSR count). The number of benzene rings is 2. The zero-order chi connectivity index (χ0) is 17.6. The van der Waals surface area contributed by atoms with Gasteiger partial charge in [0.25, 0.3) is 0 Å². The summed E-state index contributed by atoms with van der Waals surface area (Å²) in [5.41, 5.74) is 8.74. The molecule has 1 amide bonds. The van der Waals surface area contributed by atoms with Crippen molar-refractivity contribution in [3.8, 4) is 5.75 Å². The van der Waals surface area contributed by atoms with Crippen molar-refractivity contribution in [2.24, 2.45) is 17.6 Å². The summed E-state index contributed by atoms with van der Waals surface area (Å²) >= 11 is 0. The van der Waals surface area contributed by atoms with Crippen molar-refractivity contribution < 1.29 is 9.53 Å². The molecule has 0 aromatic heterocycles. The molecule has 26 heavy (non-hydrogen) atoms. The Morgan fingerprint density at radius 2 is 1.96 bits per heavy atom. The van der Waals surface area contributed by atoms with Crippen LogP contribution in [0.5, 0.6) is 5.75 Å². The minimum Gasteiger partial charge on any atom is -0.487 e. The highest BCUT2D eigenvalue weighted by atomic mass is 35.5. The normalized spacial score (nSPS) is 18.8. The van der Waals surface area contributed by atoms with Crippen LogP contribution in [-0.4, -0.2) is 12.5 Å². The molecule has 2 aromatic rings. The maximum Gasteiger partial charge on any atom is 0.227 e. The van der Waals surface area contributed by atoms with Gasteiger partial charge in [0.1, 0.15) is 12.4 Å². The molecule has 3 N–H and O–H groups in total. The van der Waals surface area contributed by atoms with Gasteiger partial charge in [-0.2, -0.15) is 0 Å². The summed E-state index contributed by atoms with van der Waals surface area (Å²) in [6.45, 7) is 3.06. The van der Waals surface area contributed by atoms with Crippen molar-refractivity contribution in [1.82, 2.24) is 0 Å². The predicted octanol–water partition coefficient (Wildman–Crippen LogP) is 4.31. The molecule has 2 aromatic carbocycles. The average molecular weight is 375 g/mol. The second kappa shape index (κ2) is 9.60. The van der Waals surface area contributed by atoms with E-state index in [9.17, 15) is 4.79 Å². The molecule has 0 radical (unpaired) electrons. The SMILES string of the molecule is Cc1ccc(NC(=O)[C@@H]2CCC[C@@H]2CN)c(OCc2ccccc2)c1.Cl. The topological polar surface area (TPSA) is 64.4 Å². The molecule has 1 aliphatic carbocycles. The monoisotopic (exact) mass is 374 g/mol. The van der Waals surface area contributed by atoms with Gasteiger partial charge in [0.15, 0.2) is 0 Å². The Kier molecular flexibility index (Phi) is 7.49. The predicted molar refractivity (Wildman–Crippen MR) is 108 cm³/mol. The van der Waals surface area contributed by atoms with Crippen LogP contribution in [0.1, 0.15) is 30.4 Å². The molecule has 140 valence electrons. The third kappa shape index (κ3) is 4.99. The summed E-state index contributed by atoms with van der Waals surface area (Å²) in [6.07, 6.45) is 3.03. The highest BCUT2D eigenvalue weighted by Crippen LogP contribution is 2.33. The summed E-state index contributed by atoms with van der Waals surface area (Å²) in [6, 6.07) is 15.9. The van der Waals surface area contributed by atoms with Crippen molar-refractivity contribution in [1.29, 1.82) is 0 Å². The Hall–Kier alpha value is -2.04. The van der Waals surface area contributed by atoms with E-state index in [4.69, 9.17) is 10.5 Å². The maximum absolute atomic E-state index is 12.7. The van der Waals surface area contributed by atoms with E-state index in [0.29, 0.717) is 24.8 Å². The van der Waals surface area contributed by atoms with Crippen LogP contribution in [0.2, 0.25) is 0 Å². The van der Waals surface area contributed by atoms with Gasteiger partial charge in [0.05, 0.1) is 5.69 Å². The van der Waals surface area contributed by atoms with Gasteiger partial charge in [0.2, 0.25) is 5.91 Å². The van der Waals surface area contributed by atoms with E-state index in [1.54, 1.807) is 0 Å². The minimum atomic E-state index is 0. The van der Waals surface area contributed by atoms with E-state index >= 15 is 0 Å². The fraction of sp³-hybridized carbons (Fsp3) is 0.381. The summed E-state index contributed by atoms with van der Waals surface area (Å²) in [5.74, 6) is 1.06. The van der Waals surface area contributed by atoms with Crippen LogP contribution in [0.3, 0.4) is 0 Å². The lowest BCUT2D eigenvalue weighted by molar-refractivity contribution is -0.120. The van der Waals surface area contributed by atoms with Crippen molar-refractivity contribution in [3.05, 3.63) is 59.7 Å². The van der Waals surface area contributed by atoms with Gasteiger partial charge in [-0.1, -0.05) is 42.8 Å². The van der Waals surface area contributed by atoms with E-state index in [2.05, 4.69) is 5.32 Å². The van der Waals surface area contributed by atoms with E-state index < -0.39 is 0 Å². The summed E-state index contributed by atoms with van der Waals surface area (Å²) < 4.78 is 5.98. The first-order valence-electron chi connectivity index (χ1n) is 8.95. The first-order chi connectivity index (χ1) is 12.2. The Labute approximate surface area is 161 Å². The number of carbonyl (C=O) groups excluding carboxylic acids is 1. The van der Waals surface area contributed by atoms with Crippen molar-refractivity contribution >= 4 is 24.0 Å². The molecule has 1 saturated carbocycles. The molecule has 1 fully saturated rings. The molecule has 0 heterocycles. The molecule has 4 nitrogen and oxygen atoms in total. The highest BCUT2D eigenvalue weighted by Gasteiger charge is 2.32. The Bertz CT molecular complexity index is 721. The zero-order valence-electron chi connectivity index (χ0n) is 15.1. The van der Waals surface area contributed by atoms with Crippen LogP contribution in [0.4, 0.5) is 5.69 Å². The van der Waals surface area contributed by atoms with Gasteiger partial charge in [-0.3, -0.25) is 4.79 Å². The number of anilines is 1. The molecular formula is C21H27ClN2O2. The van der Waals surface area contributed by atoms with Crippen LogP contribution in [0.15, 0.2) is 48.5 Å². The van der Waals surface area contributed by atoms with Gasteiger partial charge in [-0.15, -0.1) is 12.4 Å². The first-order valence-corrected chi connectivity index (χ1v) is 8.95. The number of halogens is 1. The van der Waals surface area contributed by atoms with E-state index in [1.165, 1.54) is 0 Å². The molecule has 2 atom stereocenters.